The number of rotatable bonds is 7. The fraction of sp³-hybridized carbons (Fsp3) is 0.571. The van der Waals surface area contributed by atoms with E-state index in [-0.39, 0.29) is 24.4 Å². The van der Waals surface area contributed by atoms with E-state index in [0.717, 1.165) is 5.75 Å². The Bertz CT molecular complexity index is 438. The first-order chi connectivity index (χ1) is 9.30. The molecule has 1 heterocycles. The van der Waals surface area contributed by atoms with Crippen LogP contribution in [0, 0.1) is 0 Å². The van der Waals surface area contributed by atoms with Crippen molar-refractivity contribution in [1.29, 1.82) is 0 Å². The molecule has 4 nitrogen and oxygen atoms in total. The number of thiophene rings is 1. The average Bonchev–Trinajstić information content (AvgIpc) is 2.79. The van der Waals surface area contributed by atoms with Crippen molar-refractivity contribution < 1.29 is 14.7 Å². The van der Waals surface area contributed by atoms with Crippen molar-refractivity contribution in [3.05, 3.63) is 22.4 Å². The predicted octanol–water partition coefficient (Wildman–Crippen LogP) is 3.08. The Kier molecular flexibility index (Phi) is 6.55. The molecular weight excluding hydrogens is 294 g/mol. The summed E-state index contributed by atoms with van der Waals surface area (Å²) in [7, 11) is 0. The molecule has 0 fully saturated rings. The summed E-state index contributed by atoms with van der Waals surface area (Å²) in [5, 5.41) is 10.8. The monoisotopic (exact) mass is 315 g/mol. The topological polar surface area (TPSA) is 57.6 Å². The van der Waals surface area contributed by atoms with Crippen molar-refractivity contribution in [2.45, 2.75) is 38.5 Å². The van der Waals surface area contributed by atoms with Crippen molar-refractivity contribution in [2.75, 3.05) is 12.3 Å². The van der Waals surface area contributed by atoms with E-state index in [1.165, 1.54) is 4.88 Å². The SMILES string of the molecule is CC(C)(C)N(CCC(=O)O)C(=O)CSCc1cccs1. The van der Waals surface area contributed by atoms with Crippen LogP contribution in [0.25, 0.3) is 0 Å². The van der Waals surface area contributed by atoms with Crippen molar-refractivity contribution in [3.8, 4) is 0 Å². The molecule has 0 radical (unpaired) electrons. The molecule has 0 aromatic carbocycles. The molecule has 0 saturated carbocycles. The summed E-state index contributed by atoms with van der Waals surface area (Å²) in [5.74, 6) is 0.327. The van der Waals surface area contributed by atoms with E-state index in [9.17, 15) is 9.59 Å². The second-order valence-electron chi connectivity index (χ2n) is 5.43. The van der Waals surface area contributed by atoms with Crippen molar-refractivity contribution >= 4 is 35.0 Å². The lowest BCUT2D eigenvalue weighted by Crippen LogP contribution is -2.47. The van der Waals surface area contributed by atoms with Crippen LogP contribution in [0.1, 0.15) is 32.1 Å². The van der Waals surface area contributed by atoms with Gasteiger partial charge in [0.2, 0.25) is 5.91 Å². The van der Waals surface area contributed by atoms with Gasteiger partial charge in [-0.25, -0.2) is 0 Å². The molecule has 1 N–H and O–H groups in total. The number of hydrogen-bond donors (Lipinski definition) is 1. The smallest absolute Gasteiger partial charge is 0.305 e. The summed E-state index contributed by atoms with van der Waals surface area (Å²) in [6, 6.07) is 4.05. The lowest BCUT2D eigenvalue weighted by atomic mass is 10.1. The molecule has 0 atom stereocenters. The van der Waals surface area contributed by atoms with Gasteiger partial charge in [0.15, 0.2) is 0 Å². The molecule has 0 aliphatic rings. The highest BCUT2D eigenvalue weighted by atomic mass is 32.2. The zero-order valence-electron chi connectivity index (χ0n) is 12.1. The molecule has 0 bridgehead atoms. The number of carbonyl (C=O) groups excluding carboxylic acids is 1. The molecular formula is C14H21NO3S2. The van der Waals surface area contributed by atoms with Crippen LogP contribution in [-0.2, 0) is 15.3 Å². The third kappa shape index (κ3) is 5.96. The normalized spacial score (nSPS) is 11.3. The van der Waals surface area contributed by atoms with Crippen LogP contribution in [0.15, 0.2) is 17.5 Å². The van der Waals surface area contributed by atoms with Gasteiger partial charge in [0, 0.05) is 22.7 Å². The van der Waals surface area contributed by atoms with E-state index in [4.69, 9.17) is 5.11 Å². The van der Waals surface area contributed by atoms with E-state index in [1.54, 1.807) is 28.0 Å². The van der Waals surface area contributed by atoms with Gasteiger partial charge in [-0.3, -0.25) is 9.59 Å². The molecule has 1 amide bonds. The van der Waals surface area contributed by atoms with Crippen LogP contribution in [0.4, 0.5) is 0 Å². The fourth-order valence-electron chi connectivity index (χ4n) is 1.75. The van der Waals surface area contributed by atoms with Crippen LogP contribution in [0.3, 0.4) is 0 Å². The minimum Gasteiger partial charge on any atom is -0.481 e. The third-order valence-electron chi connectivity index (χ3n) is 2.71. The maximum atomic E-state index is 12.2. The van der Waals surface area contributed by atoms with Gasteiger partial charge in [-0.2, -0.15) is 0 Å². The summed E-state index contributed by atoms with van der Waals surface area (Å²) >= 11 is 3.25. The number of carboxylic acid groups (broad SMARTS) is 1. The molecule has 0 unspecified atom stereocenters. The second-order valence-corrected chi connectivity index (χ2v) is 7.45. The minimum atomic E-state index is -0.877. The Morgan fingerprint density at radius 3 is 2.60 bits per heavy atom. The van der Waals surface area contributed by atoms with Crippen LogP contribution in [-0.4, -0.2) is 39.7 Å². The summed E-state index contributed by atoms with van der Waals surface area (Å²) in [6.07, 6.45) is -0.0153. The van der Waals surface area contributed by atoms with Crippen LogP contribution in [0.2, 0.25) is 0 Å². The quantitative estimate of drug-likeness (QED) is 0.840. The lowest BCUT2D eigenvalue weighted by molar-refractivity contribution is -0.139. The maximum Gasteiger partial charge on any atom is 0.305 e. The molecule has 112 valence electrons. The van der Waals surface area contributed by atoms with Crippen LogP contribution >= 0.6 is 23.1 Å². The van der Waals surface area contributed by atoms with Gasteiger partial charge in [-0.1, -0.05) is 6.07 Å². The van der Waals surface area contributed by atoms with E-state index < -0.39 is 5.97 Å². The first-order valence-corrected chi connectivity index (χ1v) is 8.46. The summed E-state index contributed by atoms with van der Waals surface area (Å²) in [6.45, 7) is 6.04. The Morgan fingerprint density at radius 2 is 2.10 bits per heavy atom. The molecule has 0 aliphatic carbocycles. The Balaban J connectivity index is 2.48. The Hall–Kier alpha value is -1.01. The zero-order valence-corrected chi connectivity index (χ0v) is 13.7. The average molecular weight is 315 g/mol. The highest BCUT2D eigenvalue weighted by Gasteiger charge is 2.26. The first kappa shape index (κ1) is 17.0. The molecule has 0 saturated heterocycles. The van der Waals surface area contributed by atoms with Crippen LogP contribution < -0.4 is 0 Å². The van der Waals surface area contributed by atoms with E-state index in [0.29, 0.717) is 5.75 Å². The molecule has 20 heavy (non-hydrogen) atoms. The Labute approximate surface area is 128 Å². The van der Waals surface area contributed by atoms with Gasteiger partial charge in [-0.15, -0.1) is 23.1 Å². The Morgan fingerprint density at radius 1 is 1.40 bits per heavy atom. The standard InChI is InChI=1S/C14H21NO3S2/c1-14(2,3)15(7-6-13(17)18)12(16)10-19-9-11-5-4-8-20-11/h4-5,8H,6-7,9-10H2,1-3H3,(H,17,18). The molecule has 1 aromatic rings. The molecule has 0 spiro atoms. The summed E-state index contributed by atoms with van der Waals surface area (Å²) < 4.78 is 0. The molecule has 6 heteroatoms. The fourth-order valence-corrected chi connectivity index (χ4v) is 3.49. The zero-order chi connectivity index (χ0) is 15.2. The number of carboxylic acids is 1. The van der Waals surface area contributed by atoms with Crippen molar-refractivity contribution in [3.63, 3.8) is 0 Å². The van der Waals surface area contributed by atoms with Crippen molar-refractivity contribution in [2.24, 2.45) is 0 Å². The van der Waals surface area contributed by atoms with Gasteiger partial charge in [0.05, 0.1) is 12.2 Å². The van der Waals surface area contributed by atoms with E-state index >= 15 is 0 Å². The van der Waals surface area contributed by atoms with Gasteiger partial charge in [0.25, 0.3) is 0 Å². The number of aliphatic carboxylic acids is 1. The lowest BCUT2D eigenvalue weighted by Gasteiger charge is -2.35. The molecule has 1 rings (SSSR count). The number of amides is 1. The highest BCUT2D eigenvalue weighted by Crippen LogP contribution is 2.20. The van der Waals surface area contributed by atoms with Gasteiger partial charge in [-0.05, 0) is 32.2 Å². The minimum absolute atomic E-state index is 0.000283. The third-order valence-corrected chi connectivity index (χ3v) is 4.74. The number of carbonyl (C=O) groups is 2. The van der Waals surface area contributed by atoms with Crippen LogP contribution in [0.5, 0.6) is 0 Å². The van der Waals surface area contributed by atoms with Gasteiger partial charge < -0.3 is 10.0 Å². The summed E-state index contributed by atoms with van der Waals surface area (Å²) in [4.78, 5) is 25.8. The number of thioether (sulfide) groups is 1. The summed E-state index contributed by atoms with van der Waals surface area (Å²) in [5.41, 5.74) is -0.351. The van der Waals surface area contributed by atoms with Gasteiger partial charge >= 0.3 is 5.97 Å². The molecule has 0 aliphatic heterocycles. The maximum absolute atomic E-state index is 12.2. The van der Waals surface area contributed by atoms with E-state index in [2.05, 4.69) is 0 Å². The second kappa shape index (κ2) is 7.69. The molecule has 1 aromatic heterocycles. The highest BCUT2D eigenvalue weighted by molar-refractivity contribution is 7.99. The van der Waals surface area contributed by atoms with Crippen molar-refractivity contribution in [1.82, 2.24) is 4.90 Å². The van der Waals surface area contributed by atoms with Gasteiger partial charge in [0.1, 0.15) is 0 Å². The largest absolute Gasteiger partial charge is 0.481 e. The number of hydrogen-bond acceptors (Lipinski definition) is 4. The van der Waals surface area contributed by atoms with E-state index in [1.807, 2.05) is 38.3 Å². The first-order valence-electron chi connectivity index (χ1n) is 6.43. The number of nitrogens with zero attached hydrogens (tertiary/aromatic N) is 1. The predicted molar refractivity (Wildman–Crippen MR) is 84.2 cm³/mol.